The van der Waals surface area contributed by atoms with Gasteiger partial charge >= 0.3 is 0 Å². The van der Waals surface area contributed by atoms with E-state index in [1.165, 1.54) is 23.1 Å². The molecule has 4 rings (SSSR count). The molecule has 150 valence electrons. The van der Waals surface area contributed by atoms with Crippen molar-refractivity contribution in [1.82, 2.24) is 9.80 Å². The van der Waals surface area contributed by atoms with Crippen molar-refractivity contribution in [3.05, 3.63) is 53.8 Å². The first-order valence-electron chi connectivity index (χ1n) is 8.95. The van der Waals surface area contributed by atoms with Gasteiger partial charge in [0.15, 0.2) is 16.6 Å². The van der Waals surface area contributed by atoms with Crippen molar-refractivity contribution in [2.24, 2.45) is 0 Å². The van der Waals surface area contributed by atoms with Crippen LogP contribution >= 0.6 is 12.2 Å². The number of likely N-dealkylation sites (N-methyl/N-ethyl adjacent to an activating group) is 1. The van der Waals surface area contributed by atoms with Crippen LogP contribution in [0.1, 0.15) is 12.0 Å². The zero-order valence-electron chi connectivity index (χ0n) is 15.6. The second kappa shape index (κ2) is 7.67. The number of carbonyl (C=O) groups is 2. The highest BCUT2D eigenvalue weighted by Crippen LogP contribution is 2.33. The van der Waals surface area contributed by atoms with Gasteiger partial charge in [-0.1, -0.05) is 18.2 Å². The Bertz CT molecular complexity index is 999. The van der Waals surface area contributed by atoms with Gasteiger partial charge < -0.3 is 19.7 Å². The van der Waals surface area contributed by atoms with E-state index in [4.69, 9.17) is 21.7 Å². The van der Waals surface area contributed by atoms with Crippen LogP contribution in [0.15, 0.2) is 42.5 Å². The second-order valence-electron chi connectivity index (χ2n) is 6.74. The fourth-order valence-corrected chi connectivity index (χ4v) is 3.61. The van der Waals surface area contributed by atoms with E-state index >= 15 is 0 Å². The minimum Gasteiger partial charge on any atom is -0.454 e. The van der Waals surface area contributed by atoms with Crippen LogP contribution in [-0.4, -0.2) is 46.6 Å². The van der Waals surface area contributed by atoms with E-state index in [-0.39, 0.29) is 24.8 Å². The summed E-state index contributed by atoms with van der Waals surface area (Å²) in [6.07, 6.45) is -0.151. The van der Waals surface area contributed by atoms with Crippen LogP contribution in [0.3, 0.4) is 0 Å². The van der Waals surface area contributed by atoms with Gasteiger partial charge in [-0.25, -0.2) is 4.39 Å². The van der Waals surface area contributed by atoms with Gasteiger partial charge in [-0.15, -0.1) is 0 Å². The van der Waals surface area contributed by atoms with Crippen molar-refractivity contribution < 1.29 is 23.5 Å². The maximum absolute atomic E-state index is 13.8. The lowest BCUT2D eigenvalue weighted by Crippen LogP contribution is -2.37. The fraction of sp³-hybridized carbons (Fsp3) is 0.250. The molecule has 9 heteroatoms. The van der Waals surface area contributed by atoms with Crippen LogP contribution in [0, 0.1) is 5.82 Å². The summed E-state index contributed by atoms with van der Waals surface area (Å²) in [4.78, 5) is 28.2. The maximum Gasteiger partial charge on any atom is 0.251 e. The number of carbonyl (C=O) groups excluding carboxylic acids is 2. The fourth-order valence-electron chi connectivity index (χ4n) is 3.33. The number of nitrogens with one attached hydrogen (secondary N) is 1. The average molecular weight is 415 g/mol. The van der Waals surface area contributed by atoms with Crippen LogP contribution in [0.5, 0.6) is 11.5 Å². The highest BCUT2D eigenvalue weighted by Gasteiger charge is 2.41. The van der Waals surface area contributed by atoms with Crippen molar-refractivity contribution in [3.8, 4) is 11.5 Å². The Labute approximate surface area is 172 Å². The van der Waals surface area contributed by atoms with Gasteiger partial charge in [-0.2, -0.15) is 0 Å². The van der Waals surface area contributed by atoms with E-state index in [1.807, 2.05) is 12.1 Å². The monoisotopic (exact) mass is 415 g/mol. The maximum atomic E-state index is 13.8. The normalized spacial score (nSPS) is 17.8. The molecule has 2 aromatic carbocycles. The predicted molar refractivity (Wildman–Crippen MR) is 107 cm³/mol. The molecule has 2 heterocycles. The standard InChI is InChI=1S/C20H18FN3O4S/c1-23-19(26)15(9-18(25)22-14-5-3-2-4-13(14)21)24(20(23)29)10-12-6-7-16-17(8-12)28-11-27-16/h2-8,15H,9-11H2,1H3,(H,22,25). The zero-order chi connectivity index (χ0) is 20.5. The molecule has 7 nitrogen and oxygen atoms in total. The Kier molecular flexibility index (Phi) is 5.06. The summed E-state index contributed by atoms with van der Waals surface area (Å²) in [6.45, 7) is 0.490. The summed E-state index contributed by atoms with van der Waals surface area (Å²) in [6, 6.07) is 10.6. The number of ether oxygens (including phenoxy) is 2. The predicted octanol–water partition coefficient (Wildman–Crippen LogP) is 2.51. The summed E-state index contributed by atoms with van der Waals surface area (Å²) >= 11 is 5.40. The molecule has 1 atom stereocenters. The highest BCUT2D eigenvalue weighted by molar-refractivity contribution is 7.80. The summed E-state index contributed by atoms with van der Waals surface area (Å²) in [5, 5.41) is 2.84. The van der Waals surface area contributed by atoms with Crippen molar-refractivity contribution >= 4 is 34.8 Å². The first-order valence-corrected chi connectivity index (χ1v) is 9.36. The highest BCUT2D eigenvalue weighted by atomic mass is 32.1. The number of para-hydroxylation sites is 1. The average Bonchev–Trinajstić information content (AvgIpc) is 3.24. The molecule has 1 unspecified atom stereocenters. The molecule has 2 aromatic rings. The Hall–Kier alpha value is -3.20. The van der Waals surface area contributed by atoms with E-state index in [0.717, 1.165) is 5.56 Å². The molecular weight excluding hydrogens is 397 g/mol. The van der Waals surface area contributed by atoms with Crippen LogP contribution in [0.4, 0.5) is 10.1 Å². The third-order valence-electron chi connectivity index (χ3n) is 4.84. The van der Waals surface area contributed by atoms with Crippen LogP contribution in [0.25, 0.3) is 0 Å². The number of benzene rings is 2. The van der Waals surface area contributed by atoms with E-state index in [2.05, 4.69) is 5.32 Å². The molecule has 2 amide bonds. The topological polar surface area (TPSA) is 71.1 Å². The van der Waals surface area contributed by atoms with Crippen LogP contribution in [0.2, 0.25) is 0 Å². The van der Waals surface area contributed by atoms with Gasteiger partial charge in [0.05, 0.1) is 12.1 Å². The largest absolute Gasteiger partial charge is 0.454 e. The summed E-state index contributed by atoms with van der Waals surface area (Å²) in [7, 11) is 1.58. The van der Waals surface area contributed by atoms with Gasteiger partial charge in [0.25, 0.3) is 5.91 Å². The summed E-state index contributed by atoms with van der Waals surface area (Å²) < 4.78 is 24.5. The number of thiocarbonyl (C=S) groups is 1. The summed E-state index contributed by atoms with van der Waals surface area (Å²) in [5.41, 5.74) is 0.931. The molecule has 1 fully saturated rings. The Morgan fingerprint density at radius 3 is 2.79 bits per heavy atom. The lowest BCUT2D eigenvalue weighted by Gasteiger charge is -2.23. The van der Waals surface area contributed by atoms with Crippen LogP contribution < -0.4 is 14.8 Å². The Balaban J connectivity index is 1.50. The number of rotatable bonds is 5. The van der Waals surface area contributed by atoms with E-state index in [0.29, 0.717) is 23.2 Å². The van der Waals surface area contributed by atoms with Gasteiger partial charge in [0.1, 0.15) is 11.9 Å². The minimum atomic E-state index is -0.773. The first-order chi connectivity index (χ1) is 13.9. The van der Waals surface area contributed by atoms with Crippen molar-refractivity contribution in [2.45, 2.75) is 19.0 Å². The molecule has 1 saturated heterocycles. The van der Waals surface area contributed by atoms with Gasteiger partial charge in [0.2, 0.25) is 12.7 Å². The van der Waals surface area contributed by atoms with Crippen LogP contribution in [-0.2, 0) is 16.1 Å². The number of nitrogens with zero attached hydrogens (tertiary/aromatic N) is 2. The van der Waals surface area contributed by atoms with E-state index in [9.17, 15) is 14.0 Å². The third-order valence-corrected chi connectivity index (χ3v) is 5.35. The molecule has 2 aliphatic rings. The molecule has 0 bridgehead atoms. The summed E-state index contributed by atoms with van der Waals surface area (Å²) in [5.74, 6) is -0.00184. The molecule has 0 radical (unpaired) electrons. The number of fused-ring (bicyclic) bond motifs is 1. The number of hydrogen-bond donors (Lipinski definition) is 1. The number of anilines is 1. The SMILES string of the molecule is CN1C(=O)C(CC(=O)Nc2ccccc2F)N(Cc2ccc3c(c2)OCO3)C1=S. The quantitative estimate of drug-likeness (QED) is 0.757. The lowest BCUT2D eigenvalue weighted by atomic mass is 10.1. The lowest BCUT2D eigenvalue weighted by molar-refractivity contribution is -0.130. The molecule has 29 heavy (non-hydrogen) atoms. The number of amides is 2. The number of halogens is 1. The van der Waals surface area contributed by atoms with E-state index in [1.54, 1.807) is 24.1 Å². The molecule has 0 spiro atoms. The second-order valence-corrected chi connectivity index (χ2v) is 7.11. The third kappa shape index (κ3) is 3.73. The smallest absolute Gasteiger partial charge is 0.251 e. The first kappa shape index (κ1) is 19.1. The molecule has 0 aromatic heterocycles. The molecule has 1 N–H and O–H groups in total. The van der Waals surface area contributed by atoms with Gasteiger partial charge in [-0.3, -0.25) is 14.5 Å². The molecule has 0 saturated carbocycles. The minimum absolute atomic E-state index is 0.0706. The van der Waals surface area contributed by atoms with Crippen molar-refractivity contribution in [3.63, 3.8) is 0 Å². The van der Waals surface area contributed by atoms with Gasteiger partial charge in [0, 0.05) is 13.6 Å². The Morgan fingerprint density at radius 1 is 1.24 bits per heavy atom. The van der Waals surface area contributed by atoms with E-state index < -0.39 is 17.8 Å². The zero-order valence-corrected chi connectivity index (χ0v) is 16.4. The molecular formula is C20H18FN3O4S. The molecule has 2 aliphatic heterocycles. The van der Waals surface area contributed by atoms with Crippen molar-refractivity contribution in [2.75, 3.05) is 19.2 Å². The molecule has 0 aliphatic carbocycles. The van der Waals surface area contributed by atoms with Crippen molar-refractivity contribution in [1.29, 1.82) is 0 Å². The van der Waals surface area contributed by atoms with Gasteiger partial charge in [-0.05, 0) is 42.0 Å². The number of hydrogen-bond acceptors (Lipinski definition) is 5. The Morgan fingerprint density at radius 2 is 2.00 bits per heavy atom.